The number of anilines is 1. The summed E-state index contributed by atoms with van der Waals surface area (Å²) in [6, 6.07) is 11.0. The Bertz CT molecular complexity index is 646. The molecule has 21 heavy (non-hydrogen) atoms. The Morgan fingerprint density at radius 3 is 2.81 bits per heavy atom. The largest absolute Gasteiger partial charge is 0.493 e. The van der Waals surface area contributed by atoms with E-state index >= 15 is 0 Å². The van der Waals surface area contributed by atoms with Crippen LogP contribution in [0.15, 0.2) is 46.9 Å². The summed E-state index contributed by atoms with van der Waals surface area (Å²) in [5.74, 6) is -0.230. The third kappa shape index (κ3) is 4.29. The van der Waals surface area contributed by atoms with Gasteiger partial charge in [0.1, 0.15) is 11.6 Å². The van der Waals surface area contributed by atoms with E-state index in [4.69, 9.17) is 4.74 Å². The Morgan fingerprint density at radius 1 is 1.29 bits per heavy atom. The van der Waals surface area contributed by atoms with Crippen molar-refractivity contribution in [3.8, 4) is 5.75 Å². The number of carbonyl (C=O) groups is 1. The van der Waals surface area contributed by atoms with Crippen LogP contribution in [0.4, 0.5) is 10.1 Å². The summed E-state index contributed by atoms with van der Waals surface area (Å²) in [7, 11) is 0. The van der Waals surface area contributed by atoms with Gasteiger partial charge in [0.2, 0.25) is 0 Å². The monoisotopic (exact) mass is 351 g/mol. The fourth-order valence-corrected chi connectivity index (χ4v) is 2.14. The Morgan fingerprint density at radius 2 is 2.10 bits per heavy atom. The van der Waals surface area contributed by atoms with Gasteiger partial charge in [-0.15, -0.1) is 0 Å². The standard InChI is InChI=1S/C16H15BrFNO2/c1-2-8-21-15-7-6-11(17)9-14(15)16(20)19-13-5-3-4-12(18)10-13/h3-7,9-10H,2,8H2,1H3,(H,19,20). The first-order chi connectivity index (χ1) is 10.1. The molecule has 0 aromatic heterocycles. The molecule has 0 aliphatic carbocycles. The summed E-state index contributed by atoms with van der Waals surface area (Å²) in [6.45, 7) is 2.52. The number of halogens is 2. The maximum atomic E-state index is 13.1. The molecule has 0 aliphatic rings. The Kier molecular flexibility index (Phi) is 5.33. The molecular weight excluding hydrogens is 337 g/mol. The van der Waals surface area contributed by atoms with Crippen LogP contribution < -0.4 is 10.1 Å². The topological polar surface area (TPSA) is 38.3 Å². The summed E-state index contributed by atoms with van der Waals surface area (Å²) in [5, 5.41) is 2.66. The van der Waals surface area contributed by atoms with Crippen molar-refractivity contribution in [3.63, 3.8) is 0 Å². The molecule has 0 bridgehead atoms. The third-order valence-corrected chi connectivity index (χ3v) is 3.22. The van der Waals surface area contributed by atoms with Gasteiger partial charge in [0, 0.05) is 10.2 Å². The second-order valence-electron chi connectivity index (χ2n) is 4.45. The Balaban J connectivity index is 2.23. The number of amides is 1. The lowest BCUT2D eigenvalue weighted by Gasteiger charge is -2.12. The highest BCUT2D eigenvalue weighted by molar-refractivity contribution is 9.10. The summed E-state index contributed by atoms with van der Waals surface area (Å²) in [5.41, 5.74) is 0.809. The van der Waals surface area contributed by atoms with E-state index in [9.17, 15) is 9.18 Å². The van der Waals surface area contributed by atoms with Gasteiger partial charge in [-0.05, 0) is 42.8 Å². The van der Waals surface area contributed by atoms with Gasteiger partial charge in [0.25, 0.3) is 5.91 Å². The predicted octanol–water partition coefficient (Wildman–Crippen LogP) is 4.63. The minimum Gasteiger partial charge on any atom is -0.493 e. The van der Waals surface area contributed by atoms with Crippen LogP contribution >= 0.6 is 15.9 Å². The van der Waals surface area contributed by atoms with Crippen molar-refractivity contribution in [1.82, 2.24) is 0 Å². The molecule has 2 aromatic carbocycles. The fourth-order valence-electron chi connectivity index (χ4n) is 1.78. The summed E-state index contributed by atoms with van der Waals surface area (Å²) < 4.78 is 19.5. The zero-order chi connectivity index (χ0) is 15.2. The van der Waals surface area contributed by atoms with Crippen LogP contribution in [0.3, 0.4) is 0 Å². The fraction of sp³-hybridized carbons (Fsp3) is 0.188. The molecule has 1 amide bonds. The highest BCUT2D eigenvalue weighted by Crippen LogP contribution is 2.24. The molecule has 0 saturated heterocycles. The molecule has 0 atom stereocenters. The molecule has 0 saturated carbocycles. The van der Waals surface area contributed by atoms with E-state index < -0.39 is 5.82 Å². The molecule has 2 rings (SSSR count). The molecule has 0 spiro atoms. The average Bonchev–Trinajstić information content (AvgIpc) is 2.46. The summed E-state index contributed by atoms with van der Waals surface area (Å²) in [4.78, 5) is 12.3. The molecule has 0 radical (unpaired) electrons. The minimum atomic E-state index is -0.399. The Labute approximate surface area is 131 Å². The second kappa shape index (κ2) is 7.22. The molecule has 0 fully saturated rings. The number of nitrogens with one attached hydrogen (secondary N) is 1. The van der Waals surface area contributed by atoms with Gasteiger partial charge >= 0.3 is 0 Å². The van der Waals surface area contributed by atoms with E-state index in [-0.39, 0.29) is 5.91 Å². The second-order valence-corrected chi connectivity index (χ2v) is 5.37. The number of benzene rings is 2. The predicted molar refractivity (Wildman–Crippen MR) is 84.3 cm³/mol. The first-order valence-corrected chi connectivity index (χ1v) is 7.38. The number of rotatable bonds is 5. The molecule has 3 nitrogen and oxygen atoms in total. The smallest absolute Gasteiger partial charge is 0.259 e. The molecular formula is C16H15BrFNO2. The first kappa shape index (κ1) is 15.5. The van der Waals surface area contributed by atoms with E-state index in [2.05, 4.69) is 21.2 Å². The number of hydrogen-bond donors (Lipinski definition) is 1. The molecule has 0 aliphatic heterocycles. The maximum Gasteiger partial charge on any atom is 0.259 e. The average molecular weight is 352 g/mol. The van der Waals surface area contributed by atoms with Gasteiger partial charge in [-0.2, -0.15) is 0 Å². The molecule has 5 heteroatoms. The Hall–Kier alpha value is -1.88. The zero-order valence-corrected chi connectivity index (χ0v) is 13.1. The van der Waals surface area contributed by atoms with Gasteiger partial charge in [0.05, 0.1) is 12.2 Å². The first-order valence-electron chi connectivity index (χ1n) is 6.59. The quantitative estimate of drug-likeness (QED) is 0.852. The van der Waals surface area contributed by atoms with Crippen molar-refractivity contribution in [2.75, 3.05) is 11.9 Å². The summed E-state index contributed by atoms with van der Waals surface area (Å²) >= 11 is 3.33. The molecule has 1 N–H and O–H groups in total. The van der Waals surface area contributed by atoms with Crippen LogP contribution in [0.2, 0.25) is 0 Å². The SMILES string of the molecule is CCCOc1ccc(Br)cc1C(=O)Nc1cccc(F)c1. The van der Waals surface area contributed by atoms with Crippen molar-refractivity contribution >= 4 is 27.5 Å². The van der Waals surface area contributed by atoms with E-state index in [0.29, 0.717) is 23.6 Å². The molecule has 2 aromatic rings. The van der Waals surface area contributed by atoms with Gasteiger partial charge < -0.3 is 10.1 Å². The van der Waals surface area contributed by atoms with Crippen LogP contribution in [-0.4, -0.2) is 12.5 Å². The van der Waals surface area contributed by atoms with Crippen LogP contribution in [0, 0.1) is 5.82 Å². The van der Waals surface area contributed by atoms with Crippen LogP contribution in [0.5, 0.6) is 5.75 Å². The number of carbonyl (C=O) groups excluding carboxylic acids is 1. The van der Waals surface area contributed by atoms with Gasteiger partial charge in [-0.3, -0.25) is 4.79 Å². The number of ether oxygens (including phenoxy) is 1. The van der Waals surface area contributed by atoms with Gasteiger partial charge in [-0.25, -0.2) is 4.39 Å². The normalized spacial score (nSPS) is 10.2. The van der Waals surface area contributed by atoms with Gasteiger partial charge in [0.15, 0.2) is 0 Å². The van der Waals surface area contributed by atoms with E-state index in [1.54, 1.807) is 24.3 Å². The lowest BCUT2D eigenvalue weighted by atomic mass is 10.2. The van der Waals surface area contributed by atoms with E-state index in [1.165, 1.54) is 12.1 Å². The van der Waals surface area contributed by atoms with E-state index in [0.717, 1.165) is 10.9 Å². The molecule has 110 valence electrons. The van der Waals surface area contributed by atoms with Crippen LogP contribution in [-0.2, 0) is 0 Å². The number of hydrogen-bond acceptors (Lipinski definition) is 2. The minimum absolute atomic E-state index is 0.340. The van der Waals surface area contributed by atoms with E-state index in [1.807, 2.05) is 13.0 Å². The van der Waals surface area contributed by atoms with Crippen molar-refractivity contribution in [2.24, 2.45) is 0 Å². The molecule has 0 unspecified atom stereocenters. The molecule has 0 heterocycles. The summed E-state index contributed by atoms with van der Waals surface area (Å²) in [6.07, 6.45) is 0.848. The van der Waals surface area contributed by atoms with Crippen molar-refractivity contribution in [2.45, 2.75) is 13.3 Å². The van der Waals surface area contributed by atoms with Crippen molar-refractivity contribution in [1.29, 1.82) is 0 Å². The van der Waals surface area contributed by atoms with Crippen molar-refractivity contribution in [3.05, 3.63) is 58.3 Å². The zero-order valence-electron chi connectivity index (χ0n) is 11.5. The highest BCUT2D eigenvalue weighted by atomic mass is 79.9. The lowest BCUT2D eigenvalue weighted by Crippen LogP contribution is -2.14. The maximum absolute atomic E-state index is 13.1. The highest BCUT2D eigenvalue weighted by Gasteiger charge is 2.14. The third-order valence-electron chi connectivity index (χ3n) is 2.73. The van der Waals surface area contributed by atoms with Gasteiger partial charge in [-0.1, -0.05) is 28.9 Å². The van der Waals surface area contributed by atoms with Crippen molar-refractivity contribution < 1.29 is 13.9 Å². The van der Waals surface area contributed by atoms with Crippen LogP contribution in [0.25, 0.3) is 0 Å². The lowest BCUT2D eigenvalue weighted by molar-refractivity contribution is 0.102. The van der Waals surface area contributed by atoms with Crippen LogP contribution in [0.1, 0.15) is 23.7 Å².